The number of rotatable bonds is 5. The van der Waals surface area contributed by atoms with E-state index in [9.17, 15) is 0 Å². The minimum atomic E-state index is 0.273. The van der Waals surface area contributed by atoms with Gasteiger partial charge < -0.3 is 10.4 Å². The highest BCUT2D eigenvalue weighted by Crippen LogP contribution is 2.43. The van der Waals surface area contributed by atoms with Crippen molar-refractivity contribution in [2.24, 2.45) is 5.41 Å². The second-order valence-corrected chi connectivity index (χ2v) is 5.16. The predicted molar refractivity (Wildman–Crippen MR) is 68.0 cm³/mol. The Balaban J connectivity index is 1.96. The van der Waals surface area contributed by atoms with Crippen molar-refractivity contribution in [2.75, 3.05) is 18.5 Å². The van der Waals surface area contributed by atoms with Crippen LogP contribution in [-0.2, 0) is 0 Å². The summed E-state index contributed by atoms with van der Waals surface area (Å²) >= 11 is 0. The molecule has 0 amide bonds. The van der Waals surface area contributed by atoms with Crippen LogP contribution in [0.15, 0.2) is 6.07 Å². The number of aryl methyl sites for hydroxylation is 2. The van der Waals surface area contributed by atoms with Gasteiger partial charge in [0.1, 0.15) is 0 Å². The van der Waals surface area contributed by atoms with Gasteiger partial charge in [0.05, 0.1) is 0 Å². The summed E-state index contributed by atoms with van der Waals surface area (Å²) in [6.45, 7) is 5.10. The summed E-state index contributed by atoms with van der Waals surface area (Å²) in [7, 11) is 0. The highest BCUT2D eigenvalue weighted by molar-refractivity contribution is 5.28. The number of nitrogens with one attached hydrogen (secondary N) is 1. The summed E-state index contributed by atoms with van der Waals surface area (Å²) in [6.07, 6.45) is 4.55. The first-order valence-electron chi connectivity index (χ1n) is 6.31. The fourth-order valence-corrected chi connectivity index (χ4v) is 2.50. The lowest BCUT2D eigenvalue weighted by Gasteiger charge is -2.41. The third-order valence-corrected chi connectivity index (χ3v) is 3.66. The Bertz CT molecular complexity index is 368. The Morgan fingerprint density at radius 1 is 1.29 bits per heavy atom. The molecule has 1 aliphatic rings. The molecule has 1 aliphatic carbocycles. The lowest BCUT2D eigenvalue weighted by atomic mass is 9.67. The van der Waals surface area contributed by atoms with Gasteiger partial charge in [0, 0.05) is 24.5 Å². The van der Waals surface area contributed by atoms with E-state index in [0.29, 0.717) is 5.95 Å². The van der Waals surface area contributed by atoms with Crippen LogP contribution in [0.4, 0.5) is 5.95 Å². The predicted octanol–water partition coefficient (Wildman–Crippen LogP) is 2.06. The van der Waals surface area contributed by atoms with Crippen molar-refractivity contribution in [3.8, 4) is 0 Å². The Hall–Kier alpha value is -1.16. The average Bonchev–Trinajstić information content (AvgIpc) is 2.20. The van der Waals surface area contributed by atoms with E-state index < -0.39 is 0 Å². The maximum absolute atomic E-state index is 9.09. The molecule has 0 aromatic carbocycles. The van der Waals surface area contributed by atoms with Crippen molar-refractivity contribution < 1.29 is 5.11 Å². The lowest BCUT2D eigenvalue weighted by molar-refractivity contribution is 0.101. The summed E-state index contributed by atoms with van der Waals surface area (Å²) in [5.74, 6) is 0.715. The van der Waals surface area contributed by atoms with Gasteiger partial charge in [0.25, 0.3) is 0 Å². The van der Waals surface area contributed by atoms with Gasteiger partial charge in [-0.25, -0.2) is 9.97 Å². The molecule has 0 spiro atoms. The highest BCUT2D eigenvalue weighted by atomic mass is 16.3. The van der Waals surface area contributed by atoms with Crippen LogP contribution in [0, 0.1) is 19.3 Å². The molecule has 1 aromatic heterocycles. The third-order valence-electron chi connectivity index (χ3n) is 3.66. The summed E-state index contributed by atoms with van der Waals surface area (Å²) < 4.78 is 0. The SMILES string of the molecule is Cc1cc(C)nc(NCC2(CCO)CCC2)n1. The number of anilines is 1. The van der Waals surface area contributed by atoms with Crippen molar-refractivity contribution in [2.45, 2.75) is 39.5 Å². The molecule has 0 saturated heterocycles. The van der Waals surface area contributed by atoms with Crippen LogP contribution in [0.2, 0.25) is 0 Å². The fourth-order valence-electron chi connectivity index (χ4n) is 2.50. The molecule has 0 aliphatic heterocycles. The lowest BCUT2D eigenvalue weighted by Crippen LogP contribution is -2.37. The summed E-state index contributed by atoms with van der Waals surface area (Å²) in [5, 5.41) is 12.4. The van der Waals surface area contributed by atoms with Gasteiger partial charge in [-0.3, -0.25) is 0 Å². The van der Waals surface area contributed by atoms with Crippen molar-refractivity contribution >= 4 is 5.95 Å². The normalized spacial score (nSPS) is 17.6. The minimum absolute atomic E-state index is 0.273. The quantitative estimate of drug-likeness (QED) is 0.820. The topological polar surface area (TPSA) is 58.0 Å². The molecule has 0 bridgehead atoms. The molecule has 0 unspecified atom stereocenters. The number of hydrogen-bond donors (Lipinski definition) is 2. The van der Waals surface area contributed by atoms with E-state index in [0.717, 1.165) is 24.4 Å². The molecule has 1 fully saturated rings. The van der Waals surface area contributed by atoms with Gasteiger partial charge >= 0.3 is 0 Å². The zero-order chi connectivity index (χ0) is 12.3. The first-order valence-corrected chi connectivity index (χ1v) is 6.31. The van der Waals surface area contributed by atoms with Crippen molar-refractivity contribution in [3.63, 3.8) is 0 Å². The summed E-state index contributed by atoms with van der Waals surface area (Å²) in [5.41, 5.74) is 2.25. The van der Waals surface area contributed by atoms with Gasteiger partial charge in [0.2, 0.25) is 5.95 Å². The highest BCUT2D eigenvalue weighted by Gasteiger charge is 2.36. The molecular weight excluding hydrogens is 214 g/mol. The second kappa shape index (κ2) is 5.00. The molecule has 0 atom stereocenters. The van der Waals surface area contributed by atoms with Crippen LogP contribution in [0.5, 0.6) is 0 Å². The Labute approximate surface area is 102 Å². The average molecular weight is 235 g/mol. The number of aliphatic hydroxyl groups is 1. The van der Waals surface area contributed by atoms with E-state index in [2.05, 4.69) is 15.3 Å². The van der Waals surface area contributed by atoms with E-state index in [1.807, 2.05) is 19.9 Å². The minimum Gasteiger partial charge on any atom is -0.396 e. The van der Waals surface area contributed by atoms with Crippen LogP contribution in [0.1, 0.15) is 37.1 Å². The smallest absolute Gasteiger partial charge is 0.223 e. The molecule has 0 radical (unpaired) electrons. The third kappa shape index (κ3) is 2.94. The molecule has 94 valence electrons. The van der Waals surface area contributed by atoms with Gasteiger partial charge in [0.15, 0.2) is 0 Å². The zero-order valence-corrected chi connectivity index (χ0v) is 10.7. The molecule has 4 nitrogen and oxygen atoms in total. The first-order chi connectivity index (χ1) is 8.13. The van der Waals surface area contributed by atoms with E-state index in [1.165, 1.54) is 19.3 Å². The molecule has 1 heterocycles. The Morgan fingerprint density at radius 3 is 2.41 bits per heavy atom. The molecule has 17 heavy (non-hydrogen) atoms. The zero-order valence-electron chi connectivity index (χ0n) is 10.7. The summed E-state index contributed by atoms with van der Waals surface area (Å²) in [6, 6.07) is 1.97. The van der Waals surface area contributed by atoms with E-state index >= 15 is 0 Å². The molecule has 1 aromatic rings. The largest absolute Gasteiger partial charge is 0.396 e. The number of nitrogens with zero attached hydrogens (tertiary/aromatic N) is 2. The van der Waals surface area contributed by atoms with E-state index in [1.54, 1.807) is 0 Å². The van der Waals surface area contributed by atoms with Gasteiger partial charge in [-0.05, 0) is 44.6 Å². The van der Waals surface area contributed by atoms with Crippen molar-refractivity contribution in [3.05, 3.63) is 17.5 Å². The monoisotopic (exact) mass is 235 g/mol. The van der Waals surface area contributed by atoms with Crippen LogP contribution in [0.3, 0.4) is 0 Å². The molecule has 2 N–H and O–H groups in total. The van der Waals surface area contributed by atoms with Gasteiger partial charge in [-0.15, -0.1) is 0 Å². The molecule has 4 heteroatoms. The van der Waals surface area contributed by atoms with Crippen LogP contribution < -0.4 is 5.32 Å². The first kappa shape index (κ1) is 12.3. The summed E-state index contributed by atoms with van der Waals surface area (Å²) in [4.78, 5) is 8.74. The standard InChI is InChI=1S/C13H21N3O/c1-10-8-11(2)16-12(15-10)14-9-13(6-7-17)4-3-5-13/h8,17H,3-7,9H2,1-2H3,(H,14,15,16). The van der Waals surface area contributed by atoms with Crippen LogP contribution >= 0.6 is 0 Å². The number of aromatic nitrogens is 2. The maximum Gasteiger partial charge on any atom is 0.223 e. The fraction of sp³-hybridized carbons (Fsp3) is 0.692. The van der Waals surface area contributed by atoms with Gasteiger partial charge in [-0.2, -0.15) is 0 Å². The molecule has 1 saturated carbocycles. The van der Waals surface area contributed by atoms with Crippen molar-refractivity contribution in [1.82, 2.24) is 9.97 Å². The molecular formula is C13H21N3O. The van der Waals surface area contributed by atoms with Crippen molar-refractivity contribution in [1.29, 1.82) is 0 Å². The van der Waals surface area contributed by atoms with Gasteiger partial charge in [-0.1, -0.05) is 6.42 Å². The van der Waals surface area contributed by atoms with E-state index in [4.69, 9.17) is 5.11 Å². The number of hydrogen-bond acceptors (Lipinski definition) is 4. The maximum atomic E-state index is 9.09. The van der Waals surface area contributed by atoms with Crippen LogP contribution in [0.25, 0.3) is 0 Å². The van der Waals surface area contributed by atoms with Crippen LogP contribution in [-0.4, -0.2) is 28.2 Å². The Morgan fingerprint density at radius 2 is 1.94 bits per heavy atom. The van der Waals surface area contributed by atoms with E-state index in [-0.39, 0.29) is 12.0 Å². The number of aliphatic hydroxyl groups excluding tert-OH is 1. The second-order valence-electron chi connectivity index (χ2n) is 5.16. The molecule has 2 rings (SSSR count). The Kier molecular flexibility index (Phi) is 3.62.